The van der Waals surface area contributed by atoms with E-state index in [1.165, 1.54) is 0 Å². The van der Waals surface area contributed by atoms with Gasteiger partial charge in [0, 0.05) is 32.6 Å². The zero-order chi connectivity index (χ0) is 39.1. The molecule has 17 nitrogen and oxygen atoms in total. The number of hydrogen-bond donors (Lipinski definition) is 2. The quantitative estimate of drug-likeness (QED) is 0.154. The van der Waals surface area contributed by atoms with Crippen LogP contribution < -0.4 is 20.1 Å². The minimum absolute atomic E-state index is 0.0976. The highest BCUT2D eigenvalue weighted by atomic mass is 32.2. The molecule has 0 spiro atoms. The Kier molecular flexibility index (Phi) is 11.8. The fourth-order valence-electron chi connectivity index (χ4n) is 6.44. The highest BCUT2D eigenvalue weighted by molar-refractivity contribution is 7.90. The van der Waals surface area contributed by atoms with Crippen LogP contribution in [-0.4, -0.2) is 81.1 Å². The first-order chi connectivity index (χ1) is 27.2. The van der Waals surface area contributed by atoms with E-state index in [1.807, 2.05) is 59.2 Å². The van der Waals surface area contributed by atoms with Crippen LogP contribution in [0.2, 0.25) is 0 Å². The van der Waals surface area contributed by atoms with E-state index in [0.717, 1.165) is 74.0 Å². The molecule has 2 N–H and O–H groups in total. The molecule has 292 valence electrons. The number of sulfone groups is 1. The van der Waals surface area contributed by atoms with Crippen molar-refractivity contribution in [2.45, 2.75) is 69.2 Å². The van der Waals surface area contributed by atoms with Crippen LogP contribution in [0.25, 0.3) is 22.3 Å². The first kappa shape index (κ1) is 38.4. The molecule has 2 unspecified atom stereocenters. The number of ether oxygens (including phenoxy) is 4. The largest absolute Gasteiger partial charge is 0.497 e. The average Bonchev–Trinajstić information content (AvgIpc) is 3.88. The second-order valence-electron chi connectivity index (χ2n) is 13.3. The number of nitriles is 1. The van der Waals surface area contributed by atoms with E-state index in [4.69, 9.17) is 18.9 Å². The molecule has 4 aromatic heterocycles. The van der Waals surface area contributed by atoms with Crippen LogP contribution in [-0.2, 0) is 32.4 Å². The van der Waals surface area contributed by atoms with Gasteiger partial charge in [-0.1, -0.05) is 24.3 Å². The van der Waals surface area contributed by atoms with Gasteiger partial charge in [0.05, 0.1) is 26.9 Å². The number of nitrogens with one attached hydrogen (secondary N) is 2. The molecule has 56 heavy (non-hydrogen) atoms. The van der Waals surface area contributed by atoms with Gasteiger partial charge < -0.3 is 29.6 Å². The predicted octanol–water partition coefficient (Wildman–Crippen LogP) is 5.57. The lowest BCUT2D eigenvalue weighted by molar-refractivity contribution is -0.0299. The molecule has 2 atom stereocenters. The summed E-state index contributed by atoms with van der Waals surface area (Å²) in [6, 6.07) is 17.4. The molecule has 0 amide bonds. The summed E-state index contributed by atoms with van der Waals surface area (Å²) >= 11 is 0. The van der Waals surface area contributed by atoms with E-state index in [9.17, 15) is 13.7 Å². The van der Waals surface area contributed by atoms with Crippen molar-refractivity contribution in [3.63, 3.8) is 0 Å². The molecular formula is C38H43N11O6S. The molecule has 0 saturated carbocycles. The summed E-state index contributed by atoms with van der Waals surface area (Å²) in [5.74, 6) is 2.60. The van der Waals surface area contributed by atoms with Crippen molar-refractivity contribution in [3.8, 4) is 17.6 Å². The van der Waals surface area contributed by atoms with Gasteiger partial charge in [-0.15, -0.1) is 0 Å². The van der Waals surface area contributed by atoms with Gasteiger partial charge in [0.25, 0.3) is 5.16 Å². The Balaban J connectivity index is 0.000000172. The normalized spacial score (nSPS) is 17.1. The van der Waals surface area contributed by atoms with Crippen molar-refractivity contribution in [1.29, 1.82) is 5.26 Å². The fraction of sp³-hybridized carbons (Fsp3) is 0.395. The number of benzene rings is 2. The van der Waals surface area contributed by atoms with Gasteiger partial charge in [-0.2, -0.15) is 25.2 Å². The van der Waals surface area contributed by atoms with Crippen molar-refractivity contribution >= 4 is 43.8 Å². The van der Waals surface area contributed by atoms with Crippen molar-refractivity contribution in [2.24, 2.45) is 0 Å². The number of methoxy groups -OCH3 is 2. The Hall–Kier alpha value is -5.90. The summed E-state index contributed by atoms with van der Waals surface area (Å²) in [5, 5.41) is 15.6. The Labute approximate surface area is 324 Å². The standard InChI is InChI=1S/C19H20N6O2.C19H23N5O4S/c1-26-14-7-5-13(6-8-14)11-21-18-17-19(24-15(10-20)23-18)25(12-22-17)16-4-2-3-9-27-16;1-27-14-8-6-13(7-9-14)11-20-17-16-18(23-19(22-17)29(2,25)26)24(12-21-16)15-5-3-4-10-28-15/h5-8,12,16H,2-4,9,11H2,1H3,(H,21,23,24);6-9,12,15H,3-5,10-11H2,1-2H3,(H,20,22,23). The van der Waals surface area contributed by atoms with E-state index >= 15 is 0 Å². The van der Waals surface area contributed by atoms with Gasteiger partial charge in [-0.3, -0.25) is 9.13 Å². The molecule has 2 aliphatic rings. The number of fused-ring (bicyclic) bond motifs is 2. The average molecular weight is 782 g/mol. The fourth-order valence-corrected chi connectivity index (χ4v) is 6.95. The van der Waals surface area contributed by atoms with Crippen LogP contribution in [0, 0.1) is 11.3 Å². The van der Waals surface area contributed by atoms with Gasteiger partial charge in [0.1, 0.15) is 30.0 Å². The van der Waals surface area contributed by atoms with Gasteiger partial charge in [0.2, 0.25) is 15.7 Å². The van der Waals surface area contributed by atoms with Crippen LogP contribution >= 0.6 is 0 Å². The number of rotatable bonds is 11. The van der Waals surface area contributed by atoms with Crippen LogP contribution in [0.15, 0.2) is 66.3 Å². The maximum atomic E-state index is 12.2. The molecule has 18 heteroatoms. The summed E-state index contributed by atoms with van der Waals surface area (Å²) < 4.78 is 50.0. The van der Waals surface area contributed by atoms with E-state index in [1.54, 1.807) is 31.4 Å². The molecule has 2 aliphatic heterocycles. The summed E-state index contributed by atoms with van der Waals surface area (Å²) in [5.41, 5.74) is 4.27. The minimum Gasteiger partial charge on any atom is -0.497 e. The summed E-state index contributed by atoms with van der Waals surface area (Å²) in [7, 11) is -0.340. The molecule has 0 bridgehead atoms. The molecule has 2 aromatic carbocycles. The van der Waals surface area contributed by atoms with Gasteiger partial charge in [-0.25, -0.2) is 18.4 Å². The molecule has 6 heterocycles. The zero-order valence-electron chi connectivity index (χ0n) is 31.4. The van der Waals surface area contributed by atoms with Crippen molar-refractivity contribution < 1.29 is 27.4 Å². The Morgan fingerprint density at radius 2 is 1.21 bits per heavy atom. The Morgan fingerprint density at radius 1 is 0.732 bits per heavy atom. The highest BCUT2D eigenvalue weighted by Crippen LogP contribution is 2.30. The lowest BCUT2D eigenvalue weighted by Gasteiger charge is -2.23. The number of hydrogen-bond acceptors (Lipinski definition) is 15. The number of aromatic nitrogens is 8. The van der Waals surface area contributed by atoms with E-state index in [0.29, 0.717) is 53.7 Å². The topological polar surface area (TPSA) is 206 Å². The first-order valence-corrected chi connectivity index (χ1v) is 20.2. The van der Waals surface area contributed by atoms with Crippen LogP contribution in [0.5, 0.6) is 11.5 Å². The molecule has 2 saturated heterocycles. The van der Waals surface area contributed by atoms with Crippen LogP contribution in [0.1, 0.15) is 67.9 Å². The van der Waals surface area contributed by atoms with Gasteiger partial charge in [0.15, 0.2) is 34.0 Å². The first-order valence-electron chi connectivity index (χ1n) is 18.3. The van der Waals surface area contributed by atoms with Crippen LogP contribution in [0.4, 0.5) is 11.6 Å². The second-order valence-corrected chi connectivity index (χ2v) is 15.2. The third kappa shape index (κ3) is 8.80. The predicted molar refractivity (Wildman–Crippen MR) is 207 cm³/mol. The Morgan fingerprint density at radius 3 is 1.64 bits per heavy atom. The number of anilines is 2. The van der Waals surface area contributed by atoms with Crippen molar-refractivity contribution in [1.82, 2.24) is 39.0 Å². The van der Waals surface area contributed by atoms with E-state index < -0.39 is 9.84 Å². The Bertz CT molecular complexity index is 2420. The SMILES string of the molecule is COc1ccc(CNc2nc(C#N)nc3c2ncn3C2CCCCO2)cc1.COc1ccc(CNc2nc(S(C)(=O)=O)nc3c2ncn3C2CCCCO2)cc1. The van der Waals surface area contributed by atoms with Crippen LogP contribution in [0.3, 0.4) is 0 Å². The summed E-state index contributed by atoms with van der Waals surface area (Å²) in [6.07, 6.45) is 10.1. The monoisotopic (exact) mass is 781 g/mol. The minimum atomic E-state index is -3.59. The zero-order valence-corrected chi connectivity index (χ0v) is 32.2. The number of imidazole rings is 2. The smallest absolute Gasteiger partial charge is 0.250 e. The van der Waals surface area contributed by atoms with Gasteiger partial charge >= 0.3 is 0 Å². The summed E-state index contributed by atoms with van der Waals surface area (Å²) in [4.78, 5) is 26.1. The van der Waals surface area contributed by atoms with E-state index in [-0.39, 0.29) is 23.4 Å². The molecule has 2 fully saturated rings. The van der Waals surface area contributed by atoms with Crippen molar-refractivity contribution in [2.75, 3.05) is 44.3 Å². The lowest BCUT2D eigenvalue weighted by Crippen LogP contribution is -2.18. The molecular weight excluding hydrogens is 739 g/mol. The molecule has 8 rings (SSSR count). The third-order valence-corrected chi connectivity index (χ3v) is 10.3. The maximum absolute atomic E-state index is 12.2. The second kappa shape index (κ2) is 17.3. The summed E-state index contributed by atoms with van der Waals surface area (Å²) in [6.45, 7) is 2.39. The molecule has 0 aliphatic carbocycles. The maximum Gasteiger partial charge on any atom is 0.250 e. The third-order valence-electron chi connectivity index (χ3n) is 9.42. The van der Waals surface area contributed by atoms with Gasteiger partial charge in [-0.05, 0) is 73.9 Å². The van der Waals surface area contributed by atoms with E-state index in [2.05, 4.69) is 40.5 Å². The molecule has 0 radical (unpaired) electrons. The highest BCUT2D eigenvalue weighted by Gasteiger charge is 2.24. The molecule has 6 aromatic rings. The van der Waals surface area contributed by atoms with Crippen molar-refractivity contribution in [3.05, 3.63) is 78.1 Å². The lowest BCUT2D eigenvalue weighted by atomic mass is 10.2. The number of nitrogens with zero attached hydrogens (tertiary/aromatic N) is 9.